The molecule has 0 fully saturated rings. The highest BCUT2D eigenvalue weighted by atomic mass is 16.3. The van der Waals surface area contributed by atoms with Crippen LogP contribution in [0, 0.1) is 0 Å². The van der Waals surface area contributed by atoms with Gasteiger partial charge in [0.1, 0.15) is 0 Å². The second-order valence-corrected chi connectivity index (χ2v) is 17.2. The lowest BCUT2D eigenvalue weighted by molar-refractivity contribution is -0.123. The molecule has 0 radical (unpaired) electrons. The van der Waals surface area contributed by atoms with E-state index in [1.165, 1.54) is 231 Å². The molecule has 0 aromatic rings. The van der Waals surface area contributed by atoms with Crippen LogP contribution in [0.3, 0.4) is 0 Å². The molecule has 4 nitrogen and oxygen atoms in total. The van der Waals surface area contributed by atoms with Gasteiger partial charge in [-0.05, 0) is 44.9 Å². The van der Waals surface area contributed by atoms with Crippen LogP contribution in [0.4, 0.5) is 0 Å². The van der Waals surface area contributed by atoms with Gasteiger partial charge < -0.3 is 15.5 Å². The van der Waals surface area contributed by atoms with Gasteiger partial charge in [-0.25, -0.2) is 0 Å². The van der Waals surface area contributed by atoms with Crippen molar-refractivity contribution in [3.8, 4) is 0 Å². The number of aliphatic hydroxyl groups is 2. The number of nitrogens with one attached hydrogen (secondary N) is 1. The number of unbranched alkanes of at least 4 members (excludes halogenated alkanes) is 37. The number of carbonyl (C=O) groups is 1. The number of rotatable bonds is 46. The van der Waals surface area contributed by atoms with Crippen molar-refractivity contribution in [1.82, 2.24) is 5.32 Å². The summed E-state index contributed by atoms with van der Waals surface area (Å²) in [6.07, 6.45) is 61.7. The van der Waals surface area contributed by atoms with Crippen LogP contribution in [0.15, 0.2) is 24.3 Å². The van der Waals surface area contributed by atoms with E-state index in [1.807, 2.05) is 6.08 Å². The highest BCUT2D eigenvalue weighted by Gasteiger charge is 2.18. The Morgan fingerprint density at radius 2 is 0.691 bits per heavy atom. The second kappa shape index (κ2) is 47.2. The average Bonchev–Trinajstić information content (AvgIpc) is 3.19. The van der Waals surface area contributed by atoms with E-state index in [-0.39, 0.29) is 12.5 Å². The minimum absolute atomic E-state index is 0.0600. The van der Waals surface area contributed by atoms with Crippen LogP contribution in [0.2, 0.25) is 0 Å². The zero-order valence-corrected chi connectivity index (χ0v) is 37.5. The lowest BCUT2D eigenvalue weighted by atomic mass is 10.0. The fourth-order valence-corrected chi connectivity index (χ4v) is 7.82. The fourth-order valence-electron chi connectivity index (χ4n) is 7.82. The molecule has 0 aromatic heterocycles. The summed E-state index contributed by atoms with van der Waals surface area (Å²) in [5, 5.41) is 23.1. The first kappa shape index (κ1) is 53.9. The molecule has 0 aliphatic rings. The highest BCUT2D eigenvalue weighted by Crippen LogP contribution is 2.16. The Bertz CT molecular complexity index is 795. The van der Waals surface area contributed by atoms with Gasteiger partial charge in [-0.3, -0.25) is 4.79 Å². The molecular formula is C51H99NO3. The van der Waals surface area contributed by atoms with E-state index in [1.54, 1.807) is 6.08 Å². The van der Waals surface area contributed by atoms with Gasteiger partial charge in [0.15, 0.2) is 0 Å². The summed E-state index contributed by atoms with van der Waals surface area (Å²) >= 11 is 0. The SMILES string of the molecule is CCCCCCCCCC/C=C\CCCCCCCCCCCCCCCCCC(=O)NC(CO)C(O)/C=C/CCCCCCCCCCCCCCCC. The molecule has 55 heavy (non-hydrogen) atoms. The van der Waals surface area contributed by atoms with Gasteiger partial charge in [0.25, 0.3) is 0 Å². The van der Waals surface area contributed by atoms with Crippen LogP contribution in [-0.4, -0.2) is 34.9 Å². The second-order valence-electron chi connectivity index (χ2n) is 17.2. The Labute approximate surface area is 345 Å². The summed E-state index contributed by atoms with van der Waals surface area (Å²) in [6.45, 7) is 4.33. The van der Waals surface area contributed by atoms with Gasteiger partial charge in [0, 0.05) is 6.42 Å². The van der Waals surface area contributed by atoms with Crippen LogP contribution in [0.25, 0.3) is 0 Å². The zero-order chi connectivity index (χ0) is 40.0. The normalized spacial score (nSPS) is 13.0. The quantitative estimate of drug-likeness (QED) is 0.0426. The number of amides is 1. The van der Waals surface area contributed by atoms with E-state index in [9.17, 15) is 15.0 Å². The third-order valence-electron chi connectivity index (χ3n) is 11.7. The summed E-state index contributed by atoms with van der Waals surface area (Å²) in [5.41, 5.74) is 0. The Kier molecular flexibility index (Phi) is 46.3. The van der Waals surface area contributed by atoms with Gasteiger partial charge in [-0.2, -0.15) is 0 Å². The van der Waals surface area contributed by atoms with Gasteiger partial charge in [-0.15, -0.1) is 0 Å². The predicted octanol–water partition coefficient (Wildman–Crippen LogP) is 16.0. The van der Waals surface area contributed by atoms with E-state index in [0.717, 1.165) is 25.7 Å². The van der Waals surface area contributed by atoms with Crippen molar-refractivity contribution in [2.75, 3.05) is 6.61 Å². The first-order valence-corrected chi connectivity index (χ1v) is 25.1. The molecule has 3 N–H and O–H groups in total. The fraction of sp³-hybridized carbons (Fsp3) is 0.902. The molecule has 0 aromatic carbocycles. The third-order valence-corrected chi connectivity index (χ3v) is 11.7. The molecule has 0 spiro atoms. The monoisotopic (exact) mass is 774 g/mol. The lowest BCUT2D eigenvalue weighted by Gasteiger charge is -2.20. The summed E-state index contributed by atoms with van der Waals surface area (Å²) in [4.78, 5) is 12.4. The van der Waals surface area contributed by atoms with Crippen LogP contribution in [0.5, 0.6) is 0 Å². The standard InChI is InChI=1S/C51H99NO3/c1-3-5-7-9-11-13-15-17-19-21-22-23-24-25-26-27-28-29-30-31-33-35-37-39-41-43-45-47-51(55)52-49(48-53)50(54)46-44-42-40-38-36-34-32-20-18-16-14-12-10-8-6-4-2/h21-22,44,46,49-50,53-54H,3-20,23-43,45,47-48H2,1-2H3,(H,52,55)/b22-21-,46-44+. The maximum Gasteiger partial charge on any atom is 0.220 e. The maximum absolute atomic E-state index is 12.4. The van der Waals surface area contributed by atoms with E-state index >= 15 is 0 Å². The molecule has 0 aliphatic carbocycles. The van der Waals surface area contributed by atoms with E-state index in [4.69, 9.17) is 0 Å². The van der Waals surface area contributed by atoms with Gasteiger partial charge in [-0.1, -0.05) is 250 Å². The van der Waals surface area contributed by atoms with Crippen LogP contribution < -0.4 is 5.32 Å². The minimum Gasteiger partial charge on any atom is -0.394 e. The Morgan fingerprint density at radius 1 is 0.418 bits per heavy atom. The lowest BCUT2D eigenvalue weighted by Crippen LogP contribution is -2.45. The average molecular weight is 774 g/mol. The molecule has 0 aliphatic heterocycles. The summed E-state index contributed by atoms with van der Waals surface area (Å²) < 4.78 is 0. The molecule has 1 amide bonds. The Morgan fingerprint density at radius 3 is 1.00 bits per heavy atom. The van der Waals surface area contributed by atoms with Crippen molar-refractivity contribution in [2.45, 2.75) is 289 Å². The van der Waals surface area contributed by atoms with Crippen molar-refractivity contribution < 1.29 is 15.0 Å². The topological polar surface area (TPSA) is 69.6 Å². The molecule has 2 atom stereocenters. The molecular weight excluding hydrogens is 675 g/mol. The molecule has 0 bridgehead atoms. The molecule has 4 heteroatoms. The van der Waals surface area contributed by atoms with Crippen molar-refractivity contribution in [1.29, 1.82) is 0 Å². The summed E-state index contributed by atoms with van der Waals surface area (Å²) in [7, 11) is 0. The summed E-state index contributed by atoms with van der Waals surface area (Å²) in [6, 6.07) is -0.619. The molecule has 326 valence electrons. The van der Waals surface area contributed by atoms with Crippen LogP contribution in [-0.2, 0) is 4.79 Å². The number of hydrogen-bond acceptors (Lipinski definition) is 3. The van der Waals surface area contributed by atoms with E-state index < -0.39 is 12.1 Å². The Hall–Kier alpha value is -1.13. The third kappa shape index (κ3) is 43.8. The highest BCUT2D eigenvalue weighted by molar-refractivity contribution is 5.76. The maximum atomic E-state index is 12.4. The predicted molar refractivity (Wildman–Crippen MR) is 244 cm³/mol. The van der Waals surface area contributed by atoms with Crippen LogP contribution in [0.1, 0.15) is 277 Å². The molecule has 0 saturated heterocycles. The molecule has 0 heterocycles. The van der Waals surface area contributed by atoms with Crippen molar-refractivity contribution >= 4 is 5.91 Å². The smallest absolute Gasteiger partial charge is 0.220 e. The number of aliphatic hydroxyl groups excluding tert-OH is 2. The molecule has 2 unspecified atom stereocenters. The van der Waals surface area contributed by atoms with E-state index in [0.29, 0.717) is 6.42 Å². The molecule has 0 rings (SSSR count). The van der Waals surface area contributed by atoms with Crippen molar-refractivity contribution in [3.63, 3.8) is 0 Å². The van der Waals surface area contributed by atoms with Gasteiger partial charge >= 0.3 is 0 Å². The first-order valence-electron chi connectivity index (χ1n) is 25.1. The largest absolute Gasteiger partial charge is 0.394 e. The van der Waals surface area contributed by atoms with Gasteiger partial charge in [0.05, 0.1) is 18.8 Å². The minimum atomic E-state index is -0.836. The van der Waals surface area contributed by atoms with Crippen molar-refractivity contribution in [3.05, 3.63) is 24.3 Å². The zero-order valence-electron chi connectivity index (χ0n) is 37.5. The van der Waals surface area contributed by atoms with Crippen molar-refractivity contribution in [2.24, 2.45) is 0 Å². The molecule has 0 saturated carbocycles. The Balaban J connectivity index is 3.47. The number of hydrogen-bond donors (Lipinski definition) is 3. The van der Waals surface area contributed by atoms with Gasteiger partial charge in [0.2, 0.25) is 5.91 Å². The van der Waals surface area contributed by atoms with E-state index in [2.05, 4.69) is 31.3 Å². The first-order chi connectivity index (χ1) is 27.2. The van der Waals surface area contributed by atoms with Crippen LogP contribution >= 0.6 is 0 Å². The number of carbonyl (C=O) groups excluding carboxylic acids is 1. The summed E-state index contributed by atoms with van der Waals surface area (Å²) in [5.74, 6) is -0.0600. The number of allylic oxidation sites excluding steroid dienone is 3.